The highest BCUT2D eigenvalue weighted by Crippen LogP contribution is 2.26. The molecule has 0 saturated heterocycles. The summed E-state index contributed by atoms with van der Waals surface area (Å²) >= 11 is 0. The number of hydrogen-bond acceptors (Lipinski definition) is 2. The summed E-state index contributed by atoms with van der Waals surface area (Å²) < 4.78 is 18.0. The van der Waals surface area contributed by atoms with Crippen molar-refractivity contribution >= 4 is 0 Å². The summed E-state index contributed by atoms with van der Waals surface area (Å²) in [4.78, 5) is 0. The molecule has 0 spiro atoms. The molecule has 0 unspecified atom stereocenters. The molecule has 0 aliphatic rings. The molecule has 3 heteroatoms. The van der Waals surface area contributed by atoms with Crippen LogP contribution in [-0.4, -0.2) is 7.11 Å². The van der Waals surface area contributed by atoms with Gasteiger partial charge >= 0.3 is 0 Å². The van der Waals surface area contributed by atoms with Crippen molar-refractivity contribution < 1.29 is 9.13 Å². The number of halogens is 1. The van der Waals surface area contributed by atoms with E-state index in [1.807, 2.05) is 0 Å². The summed E-state index contributed by atoms with van der Waals surface area (Å²) in [5, 5.41) is 8.89. The quantitative estimate of drug-likeness (QED) is 0.723. The number of nitrogens with zero attached hydrogens (tertiary/aromatic N) is 1. The number of benzene rings is 1. The second-order valence-electron chi connectivity index (χ2n) is 3.62. The Morgan fingerprint density at radius 3 is 2.50 bits per heavy atom. The molecule has 0 aliphatic carbocycles. The smallest absolute Gasteiger partial charge is 0.127 e. The van der Waals surface area contributed by atoms with E-state index in [-0.39, 0.29) is 5.82 Å². The predicted octanol–water partition coefficient (Wildman–Crippen LogP) is 2.64. The van der Waals surface area contributed by atoms with E-state index in [9.17, 15) is 4.39 Å². The van der Waals surface area contributed by atoms with Crippen LogP contribution in [0.15, 0.2) is 18.2 Å². The third kappa shape index (κ3) is 2.02. The van der Waals surface area contributed by atoms with Gasteiger partial charge in [0.1, 0.15) is 11.6 Å². The minimum absolute atomic E-state index is 0.386. The summed E-state index contributed by atoms with van der Waals surface area (Å²) in [5.41, 5.74) is -0.0769. The summed E-state index contributed by atoms with van der Waals surface area (Å²) in [6.45, 7) is 3.47. The van der Waals surface area contributed by atoms with Gasteiger partial charge in [-0.1, -0.05) is 0 Å². The summed E-state index contributed by atoms with van der Waals surface area (Å²) in [7, 11) is 1.47. The van der Waals surface area contributed by atoms with E-state index in [0.29, 0.717) is 11.3 Å². The predicted molar refractivity (Wildman–Crippen MR) is 51.6 cm³/mol. The van der Waals surface area contributed by atoms with Crippen LogP contribution in [0, 0.1) is 17.1 Å². The zero-order valence-corrected chi connectivity index (χ0v) is 8.47. The Kier molecular flexibility index (Phi) is 2.76. The SMILES string of the molecule is COc1cc(F)cc(C(C)(C)C#N)c1. The van der Waals surface area contributed by atoms with Gasteiger partial charge in [0.2, 0.25) is 0 Å². The van der Waals surface area contributed by atoms with Crippen LogP contribution in [0.25, 0.3) is 0 Å². The molecule has 0 atom stereocenters. The third-order valence-corrected chi connectivity index (χ3v) is 2.11. The molecule has 1 aromatic carbocycles. The number of nitriles is 1. The fourth-order valence-corrected chi connectivity index (χ4v) is 1.11. The zero-order chi connectivity index (χ0) is 10.8. The topological polar surface area (TPSA) is 33.0 Å². The minimum atomic E-state index is -0.699. The van der Waals surface area contributed by atoms with Crippen molar-refractivity contribution in [2.45, 2.75) is 19.3 Å². The Labute approximate surface area is 82.9 Å². The van der Waals surface area contributed by atoms with Crippen LogP contribution in [0.3, 0.4) is 0 Å². The van der Waals surface area contributed by atoms with Crippen molar-refractivity contribution in [2.24, 2.45) is 0 Å². The standard InChI is InChI=1S/C11H12FNO/c1-11(2,7-13)8-4-9(12)6-10(5-8)14-3/h4-6H,1-3H3. The maximum absolute atomic E-state index is 13.1. The normalized spacial score (nSPS) is 10.8. The summed E-state index contributed by atoms with van der Waals surface area (Å²) in [5.74, 6) is 0.0472. The van der Waals surface area contributed by atoms with Crippen molar-refractivity contribution in [1.29, 1.82) is 5.26 Å². The van der Waals surface area contributed by atoms with Crippen LogP contribution in [0.5, 0.6) is 5.75 Å². The highest BCUT2D eigenvalue weighted by atomic mass is 19.1. The Balaban J connectivity index is 3.24. The first-order chi connectivity index (χ1) is 6.49. The Bertz CT molecular complexity index is 379. The molecule has 0 radical (unpaired) electrons. The molecule has 0 saturated carbocycles. The molecule has 0 amide bonds. The van der Waals surface area contributed by atoms with Gasteiger partial charge in [-0.25, -0.2) is 4.39 Å². The van der Waals surface area contributed by atoms with Crippen LogP contribution in [-0.2, 0) is 5.41 Å². The fraction of sp³-hybridized carbons (Fsp3) is 0.364. The van der Waals surface area contributed by atoms with E-state index in [4.69, 9.17) is 10.00 Å². The van der Waals surface area contributed by atoms with Crippen LogP contribution in [0.1, 0.15) is 19.4 Å². The van der Waals surface area contributed by atoms with Gasteiger partial charge in [-0.15, -0.1) is 0 Å². The van der Waals surface area contributed by atoms with E-state index in [2.05, 4.69) is 6.07 Å². The van der Waals surface area contributed by atoms with Crippen LogP contribution < -0.4 is 4.74 Å². The largest absolute Gasteiger partial charge is 0.497 e. The van der Waals surface area contributed by atoms with Gasteiger partial charge in [-0.2, -0.15) is 5.26 Å². The average Bonchev–Trinajstić information content (AvgIpc) is 2.16. The molecule has 0 aromatic heterocycles. The van der Waals surface area contributed by atoms with Gasteiger partial charge in [0.25, 0.3) is 0 Å². The van der Waals surface area contributed by atoms with Gasteiger partial charge in [-0.05, 0) is 31.5 Å². The molecular formula is C11H12FNO. The van der Waals surface area contributed by atoms with Crippen molar-refractivity contribution in [3.63, 3.8) is 0 Å². The van der Waals surface area contributed by atoms with Gasteiger partial charge < -0.3 is 4.74 Å². The van der Waals surface area contributed by atoms with Crippen molar-refractivity contribution in [1.82, 2.24) is 0 Å². The third-order valence-electron chi connectivity index (χ3n) is 2.11. The lowest BCUT2D eigenvalue weighted by atomic mass is 9.86. The number of rotatable bonds is 2. The van der Waals surface area contributed by atoms with Crippen molar-refractivity contribution in [3.8, 4) is 11.8 Å². The second kappa shape index (κ2) is 3.67. The van der Waals surface area contributed by atoms with E-state index < -0.39 is 5.41 Å². The van der Waals surface area contributed by atoms with E-state index in [1.165, 1.54) is 19.2 Å². The van der Waals surface area contributed by atoms with Crippen molar-refractivity contribution in [3.05, 3.63) is 29.6 Å². The molecule has 0 aliphatic heterocycles. The highest BCUT2D eigenvalue weighted by Gasteiger charge is 2.21. The molecule has 0 N–H and O–H groups in total. The van der Waals surface area contributed by atoms with E-state index in [1.54, 1.807) is 19.9 Å². The molecule has 74 valence electrons. The van der Waals surface area contributed by atoms with Gasteiger partial charge in [0, 0.05) is 6.07 Å². The van der Waals surface area contributed by atoms with Gasteiger partial charge in [-0.3, -0.25) is 0 Å². The minimum Gasteiger partial charge on any atom is -0.497 e. The number of hydrogen-bond donors (Lipinski definition) is 0. The lowest BCUT2D eigenvalue weighted by Crippen LogP contribution is -2.14. The van der Waals surface area contributed by atoms with Crippen molar-refractivity contribution in [2.75, 3.05) is 7.11 Å². The first kappa shape index (κ1) is 10.5. The van der Waals surface area contributed by atoms with Crippen LogP contribution >= 0.6 is 0 Å². The number of ether oxygens (including phenoxy) is 1. The average molecular weight is 193 g/mol. The maximum Gasteiger partial charge on any atom is 0.127 e. The highest BCUT2D eigenvalue weighted by molar-refractivity contribution is 5.37. The molecule has 1 rings (SSSR count). The van der Waals surface area contributed by atoms with Crippen LogP contribution in [0.4, 0.5) is 4.39 Å². The van der Waals surface area contributed by atoms with Gasteiger partial charge in [0.15, 0.2) is 0 Å². The molecule has 0 heterocycles. The Morgan fingerprint density at radius 2 is 2.00 bits per heavy atom. The first-order valence-corrected chi connectivity index (χ1v) is 4.26. The first-order valence-electron chi connectivity index (χ1n) is 4.26. The molecule has 1 aromatic rings. The zero-order valence-electron chi connectivity index (χ0n) is 8.47. The van der Waals surface area contributed by atoms with Crippen LogP contribution in [0.2, 0.25) is 0 Å². The van der Waals surface area contributed by atoms with E-state index >= 15 is 0 Å². The molecular weight excluding hydrogens is 181 g/mol. The molecule has 2 nitrogen and oxygen atoms in total. The Morgan fingerprint density at radius 1 is 1.36 bits per heavy atom. The Hall–Kier alpha value is -1.56. The summed E-state index contributed by atoms with van der Waals surface area (Å²) in [6, 6.07) is 6.43. The molecule has 0 bridgehead atoms. The lowest BCUT2D eigenvalue weighted by Gasteiger charge is -2.16. The van der Waals surface area contributed by atoms with E-state index in [0.717, 1.165) is 0 Å². The monoisotopic (exact) mass is 193 g/mol. The number of methoxy groups -OCH3 is 1. The maximum atomic E-state index is 13.1. The second-order valence-corrected chi connectivity index (χ2v) is 3.62. The molecule has 14 heavy (non-hydrogen) atoms. The van der Waals surface area contributed by atoms with Gasteiger partial charge in [0.05, 0.1) is 18.6 Å². The molecule has 0 fully saturated rings. The summed E-state index contributed by atoms with van der Waals surface area (Å²) in [6.07, 6.45) is 0. The fourth-order valence-electron chi connectivity index (χ4n) is 1.11. The lowest BCUT2D eigenvalue weighted by molar-refractivity contribution is 0.409.